The Morgan fingerprint density at radius 3 is 2.39 bits per heavy atom. The molecule has 0 bridgehead atoms. The van der Waals surface area contributed by atoms with Gasteiger partial charge in [-0.15, -0.1) is 0 Å². The summed E-state index contributed by atoms with van der Waals surface area (Å²) in [6.45, 7) is 5.54. The minimum absolute atomic E-state index is 0.0418. The van der Waals surface area contributed by atoms with Gasteiger partial charge in [-0.2, -0.15) is 0 Å². The van der Waals surface area contributed by atoms with Gasteiger partial charge in [0.15, 0.2) is 0 Å². The summed E-state index contributed by atoms with van der Waals surface area (Å²) < 4.78 is 1.93. The number of carbonyl (C=O) groups is 3. The van der Waals surface area contributed by atoms with Crippen molar-refractivity contribution in [2.45, 2.75) is 20.8 Å². The molecule has 1 aliphatic heterocycles. The monoisotopic (exact) mass is 415 g/mol. The van der Waals surface area contributed by atoms with Crippen LogP contribution < -0.4 is 10.4 Å². The van der Waals surface area contributed by atoms with Gasteiger partial charge in [-0.3, -0.25) is 15.0 Å². The second kappa shape index (κ2) is 7.60. The number of hydrazine groups is 1. The summed E-state index contributed by atoms with van der Waals surface area (Å²) in [4.78, 5) is 36.9. The smallest absolute Gasteiger partial charge is 0.336 e. The van der Waals surface area contributed by atoms with E-state index in [-0.39, 0.29) is 11.1 Å². The number of anilines is 1. The fraction of sp³-hybridized carbons (Fsp3) is 0.125. The topological polar surface area (TPSA) is 91.6 Å². The number of amides is 2. The third-order valence-corrected chi connectivity index (χ3v) is 5.45. The first-order valence-electron chi connectivity index (χ1n) is 9.74. The lowest BCUT2D eigenvalue weighted by Crippen LogP contribution is -2.35. The number of aryl methyl sites for hydroxylation is 1. The number of carbonyl (C=O) groups excluding carboxylic acids is 2. The fourth-order valence-corrected chi connectivity index (χ4v) is 3.87. The Labute approximate surface area is 179 Å². The highest BCUT2D eigenvalue weighted by molar-refractivity contribution is 6.31. The summed E-state index contributed by atoms with van der Waals surface area (Å²) in [5, 5.41) is 10.7. The number of hydrogen-bond acceptors (Lipinski definition) is 3. The molecule has 156 valence electrons. The molecule has 1 fully saturated rings. The minimum atomic E-state index is -0.988. The van der Waals surface area contributed by atoms with Gasteiger partial charge in [0.05, 0.1) is 11.3 Å². The van der Waals surface area contributed by atoms with Gasteiger partial charge in [0.25, 0.3) is 11.8 Å². The molecule has 1 aliphatic rings. The number of rotatable bonds is 4. The van der Waals surface area contributed by atoms with E-state index in [1.54, 1.807) is 49.4 Å². The maximum atomic E-state index is 12.9. The van der Waals surface area contributed by atoms with E-state index in [1.165, 1.54) is 5.01 Å². The third kappa shape index (κ3) is 3.40. The van der Waals surface area contributed by atoms with E-state index in [1.807, 2.05) is 36.6 Å². The number of nitrogens with one attached hydrogen (secondary N) is 1. The van der Waals surface area contributed by atoms with Gasteiger partial charge >= 0.3 is 5.97 Å². The number of aromatic nitrogens is 1. The highest BCUT2D eigenvalue weighted by Gasteiger charge is 2.34. The molecule has 0 saturated carbocycles. The Bertz CT molecular complexity index is 1260. The molecule has 4 rings (SSSR count). The third-order valence-electron chi connectivity index (χ3n) is 5.45. The van der Waals surface area contributed by atoms with Crippen LogP contribution in [-0.4, -0.2) is 27.5 Å². The predicted octanol–water partition coefficient (Wildman–Crippen LogP) is 3.56. The molecule has 3 aromatic rings. The lowest BCUT2D eigenvalue weighted by Gasteiger charge is -2.14. The molecule has 7 nitrogen and oxygen atoms in total. The van der Waals surface area contributed by atoms with Crippen LogP contribution in [0.5, 0.6) is 0 Å². The molecule has 0 atom stereocenters. The van der Waals surface area contributed by atoms with Crippen molar-refractivity contribution in [3.05, 3.63) is 88.2 Å². The van der Waals surface area contributed by atoms with Crippen molar-refractivity contribution in [3.8, 4) is 5.69 Å². The first kappa shape index (κ1) is 20.2. The van der Waals surface area contributed by atoms with Gasteiger partial charge in [-0.25, -0.2) is 9.80 Å². The standard InChI is InChI=1S/C24H21N3O4/c1-14-12-17(16(3)26(14)21-11-7-10-19(15(21)2)24(30)31)13-20-22(28)25-27(23(20)29)18-8-5-4-6-9-18/h4-13H,1-3H3,(H,25,28)(H,30,31)/b20-13-. The average molecular weight is 415 g/mol. The summed E-state index contributed by atoms with van der Waals surface area (Å²) in [7, 11) is 0. The first-order chi connectivity index (χ1) is 14.8. The SMILES string of the molecule is Cc1c(C(=O)O)cccc1-n1c(C)cc(/C=C2/C(=O)NN(c3ccccc3)C2=O)c1C. The highest BCUT2D eigenvalue weighted by atomic mass is 16.4. The number of nitrogens with zero attached hydrogens (tertiary/aromatic N) is 2. The van der Waals surface area contributed by atoms with E-state index in [0.717, 1.165) is 17.1 Å². The van der Waals surface area contributed by atoms with Crippen molar-refractivity contribution < 1.29 is 19.5 Å². The summed E-state index contributed by atoms with van der Waals surface area (Å²) >= 11 is 0. The van der Waals surface area contributed by atoms with Crippen molar-refractivity contribution in [1.82, 2.24) is 9.99 Å². The van der Waals surface area contributed by atoms with E-state index in [2.05, 4.69) is 5.43 Å². The molecule has 2 N–H and O–H groups in total. The van der Waals surface area contributed by atoms with Crippen LogP contribution in [0, 0.1) is 20.8 Å². The lowest BCUT2D eigenvalue weighted by molar-refractivity contribution is -0.117. The highest BCUT2D eigenvalue weighted by Crippen LogP contribution is 2.28. The number of hydrogen-bond donors (Lipinski definition) is 2. The van der Waals surface area contributed by atoms with Crippen molar-refractivity contribution in [2.75, 3.05) is 5.01 Å². The van der Waals surface area contributed by atoms with E-state index in [0.29, 0.717) is 16.8 Å². The molecule has 0 spiro atoms. The van der Waals surface area contributed by atoms with Crippen LogP contribution in [0.4, 0.5) is 5.69 Å². The molecule has 1 aromatic heterocycles. The zero-order valence-electron chi connectivity index (χ0n) is 17.3. The minimum Gasteiger partial charge on any atom is -0.478 e. The van der Waals surface area contributed by atoms with Crippen LogP contribution in [0.3, 0.4) is 0 Å². The van der Waals surface area contributed by atoms with Crippen LogP contribution >= 0.6 is 0 Å². The quantitative estimate of drug-likeness (QED) is 0.503. The van der Waals surface area contributed by atoms with Gasteiger partial charge in [-0.05, 0) is 68.3 Å². The molecule has 2 heterocycles. The Kier molecular flexibility index (Phi) is 4.94. The number of carboxylic acids is 1. The van der Waals surface area contributed by atoms with Crippen LogP contribution in [0.2, 0.25) is 0 Å². The fourth-order valence-electron chi connectivity index (χ4n) is 3.87. The molecular formula is C24H21N3O4. The average Bonchev–Trinajstić information content (AvgIpc) is 3.18. The maximum absolute atomic E-state index is 12.9. The summed E-state index contributed by atoms with van der Waals surface area (Å²) in [5.74, 6) is -1.88. The zero-order valence-corrected chi connectivity index (χ0v) is 17.3. The Hall–Kier alpha value is -4.13. The van der Waals surface area contributed by atoms with E-state index in [9.17, 15) is 19.5 Å². The second-order valence-corrected chi connectivity index (χ2v) is 7.39. The van der Waals surface area contributed by atoms with Crippen LogP contribution in [0.1, 0.15) is 32.9 Å². The summed E-state index contributed by atoms with van der Waals surface area (Å²) in [6, 6.07) is 15.9. The van der Waals surface area contributed by atoms with Gasteiger partial charge in [-0.1, -0.05) is 24.3 Å². The van der Waals surface area contributed by atoms with Gasteiger partial charge < -0.3 is 9.67 Å². The van der Waals surface area contributed by atoms with Crippen molar-refractivity contribution in [1.29, 1.82) is 0 Å². The van der Waals surface area contributed by atoms with Crippen LogP contribution in [0.25, 0.3) is 11.8 Å². The molecule has 7 heteroatoms. The molecule has 2 aromatic carbocycles. The number of para-hydroxylation sites is 1. The molecule has 2 amide bonds. The predicted molar refractivity (Wildman–Crippen MR) is 117 cm³/mol. The molecule has 31 heavy (non-hydrogen) atoms. The Morgan fingerprint density at radius 2 is 1.71 bits per heavy atom. The molecule has 0 radical (unpaired) electrons. The Morgan fingerprint density at radius 1 is 1.00 bits per heavy atom. The molecule has 0 unspecified atom stereocenters. The summed E-state index contributed by atoms with van der Waals surface area (Å²) in [5.41, 5.74) is 7.21. The van der Waals surface area contributed by atoms with Gasteiger partial charge in [0.1, 0.15) is 5.57 Å². The summed E-state index contributed by atoms with van der Waals surface area (Å²) in [6.07, 6.45) is 1.58. The van der Waals surface area contributed by atoms with Gasteiger partial charge in [0.2, 0.25) is 0 Å². The molecule has 0 aliphatic carbocycles. The normalized spacial score (nSPS) is 14.9. The van der Waals surface area contributed by atoms with E-state index < -0.39 is 17.8 Å². The number of benzene rings is 2. The van der Waals surface area contributed by atoms with E-state index >= 15 is 0 Å². The second-order valence-electron chi connectivity index (χ2n) is 7.39. The van der Waals surface area contributed by atoms with Crippen molar-refractivity contribution in [2.24, 2.45) is 0 Å². The number of carboxylic acid groups (broad SMARTS) is 1. The molecule has 1 saturated heterocycles. The zero-order chi connectivity index (χ0) is 22.3. The lowest BCUT2D eigenvalue weighted by atomic mass is 10.1. The Balaban J connectivity index is 1.76. The van der Waals surface area contributed by atoms with Crippen molar-refractivity contribution >= 4 is 29.5 Å². The van der Waals surface area contributed by atoms with Crippen LogP contribution in [-0.2, 0) is 9.59 Å². The van der Waals surface area contributed by atoms with Crippen LogP contribution in [0.15, 0.2) is 60.2 Å². The van der Waals surface area contributed by atoms with Gasteiger partial charge in [0, 0.05) is 17.1 Å². The first-order valence-corrected chi connectivity index (χ1v) is 9.74. The number of aromatic carboxylic acids is 1. The molecular weight excluding hydrogens is 394 g/mol. The van der Waals surface area contributed by atoms with Crippen molar-refractivity contribution in [3.63, 3.8) is 0 Å². The largest absolute Gasteiger partial charge is 0.478 e. The van der Waals surface area contributed by atoms with E-state index in [4.69, 9.17) is 0 Å². The maximum Gasteiger partial charge on any atom is 0.336 e.